The number of thioether (sulfide) groups is 1. The van der Waals surface area contributed by atoms with Crippen LogP contribution in [0.25, 0.3) is 0 Å². The van der Waals surface area contributed by atoms with Crippen LogP contribution < -0.4 is 5.32 Å². The quantitative estimate of drug-likeness (QED) is 0.656. The maximum absolute atomic E-state index is 3.36. The molecule has 1 saturated heterocycles. The van der Waals surface area contributed by atoms with Crippen LogP contribution in [0.3, 0.4) is 0 Å². The lowest BCUT2D eigenvalue weighted by Gasteiger charge is -2.23. The Hall–Kier alpha value is 0.270. The molecular formula is C10H22N2S. The fourth-order valence-electron chi connectivity index (χ4n) is 1.68. The second kappa shape index (κ2) is 6.68. The third-order valence-electron chi connectivity index (χ3n) is 2.64. The van der Waals surface area contributed by atoms with E-state index in [-0.39, 0.29) is 0 Å². The standard InChI is InChI=1S/C10H22N2S/c1-3-11-6-4-7-12(2)10-5-8-13-9-10/h10-11H,3-9H2,1-2H3. The minimum atomic E-state index is 0.853. The predicted molar refractivity (Wildman–Crippen MR) is 61.5 cm³/mol. The van der Waals surface area contributed by atoms with Gasteiger partial charge in [-0.05, 0) is 45.3 Å². The molecule has 0 bridgehead atoms. The van der Waals surface area contributed by atoms with Gasteiger partial charge in [0.2, 0.25) is 0 Å². The van der Waals surface area contributed by atoms with Gasteiger partial charge < -0.3 is 10.2 Å². The van der Waals surface area contributed by atoms with Crippen molar-refractivity contribution in [3.63, 3.8) is 0 Å². The summed E-state index contributed by atoms with van der Waals surface area (Å²) < 4.78 is 0. The van der Waals surface area contributed by atoms with Crippen molar-refractivity contribution in [3.8, 4) is 0 Å². The molecule has 1 aliphatic rings. The molecule has 0 amide bonds. The predicted octanol–water partition coefficient (Wildman–Crippen LogP) is 1.42. The molecular weight excluding hydrogens is 180 g/mol. The van der Waals surface area contributed by atoms with Crippen molar-refractivity contribution in [2.24, 2.45) is 0 Å². The van der Waals surface area contributed by atoms with E-state index in [1.165, 1.54) is 37.4 Å². The average Bonchev–Trinajstić information content (AvgIpc) is 2.65. The van der Waals surface area contributed by atoms with Gasteiger partial charge in [0.15, 0.2) is 0 Å². The summed E-state index contributed by atoms with van der Waals surface area (Å²) >= 11 is 2.10. The van der Waals surface area contributed by atoms with Gasteiger partial charge in [0, 0.05) is 11.8 Å². The molecule has 2 nitrogen and oxygen atoms in total. The highest BCUT2D eigenvalue weighted by molar-refractivity contribution is 7.99. The molecule has 0 aromatic rings. The Kier molecular flexibility index (Phi) is 5.83. The molecule has 1 aliphatic heterocycles. The van der Waals surface area contributed by atoms with Crippen molar-refractivity contribution < 1.29 is 0 Å². The van der Waals surface area contributed by atoms with E-state index in [1.54, 1.807) is 0 Å². The zero-order valence-corrected chi connectivity index (χ0v) is 9.70. The number of hydrogen-bond donors (Lipinski definition) is 1. The van der Waals surface area contributed by atoms with Gasteiger partial charge in [-0.2, -0.15) is 11.8 Å². The zero-order valence-electron chi connectivity index (χ0n) is 8.88. The summed E-state index contributed by atoms with van der Waals surface area (Å²) in [7, 11) is 2.27. The summed E-state index contributed by atoms with van der Waals surface area (Å²) in [6.45, 7) is 5.68. The number of nitrogens with zero attached hydrogens (tertiary/aromatic N) is 1. The van der Waals surface area contributed by atoms with Gasteiger partial charge in [-0.25, -0.2) is 0 Å². The lowest BCUT2D eigenvalue weighted by Crippen LogP contribution is -2.33. The summed E-state index contributed by atoms with van der Waals surface area (Å²) in [6.07, 6.45) is 2.67. The second-order valence-electron chi connectivity index (χ2n) is 3.71. The van der Waals surface area contributed by atoms with Gasteiger partial charge >= 0.3 is 0 Å². The summed E-state index contributed by atoms with van der Waals surface area (Å²) in [5.41, 5.74) is 0. The molecule has 1 rings (SSSR count). The minimum absolute atomic E-state index is 0.853. The Morgan fingerprint density at radius 3 is 3.00 bits per heavy atom. The highest BCUT2D eigenvalue weighted by Gasteiger charge is 2.18. The summed E-state index contributed by atoms with van der Waals surface area (Å²) in [6, 6.07) is 0.853. The molecule has 1 fully saturated rings. The monoisotopic (exact) mass is 202 g/mol. The zero-order chi connectivity index (χ0) is 9.52. The van der Waals surface area contributed by atoms with E-state index < -0.39 is 0 Å². The molecule has 3 heteroatoms. The van der Waals surface area contributed by atoms with E-state index in [2.05, 4.69) is 35.9 Å². The van der Waals surface area contributed by atoms with Crippen LogP contribution in [-0.2, 0) is 0 Å². The molecule has 1 N–H and O–H groups in total. The van der Waals surface area contributed by atoms with Gasteiger partial charge in [0.05, 0.1) is 0 Å². The van der Waals surface area contributed by atoms with Crippen molar-refractivity contribution in [2.75, 3.05) is 38.2 Å². The second-order valence-corrected chi connectivity index (χ2v) is 4.85. The first-order valence-corrected chi connectivity index (χ1v) is 6.48. The molecule has 0 aromatic heterocycles. The summed E-state index contributed by atoms with van der Waals surface area (Å²) in [4.78, 5) is 2.53. The molecule has 0 radical (unpaired) electrons. The maximum Gasteiger partial charge on any atom is 0.0191 e. The number of hydrogen-bond acceptors (Lipinski definition) is 3. The largest absolute Gasteiger partial charge is 0.317 e. The topological polar surface area (TPSA) is 15.3 Å². The number of nitrogens with one attached hydrogen (secondary N) is 1. The molecule has 1 atom stereocenters. The first-order valence-electron chi connectivity index (χ1n) is 5.33. The average molecular weight is 202 g/mol. The molecule has 1 unspecified atom stereocenters. The first kappa shape index (κ1) is 11.3. The Morgan fingerprint density at radius 2 is 2.38 bits per heavy atom. The molecule has 13 heavy (non-hydrogen) atoms. The van der Waals surface area contributed by atoms with Crippen LogP contribution in [0.1, 0.15) is 19.8 Å². The Labute approximate surface area is 86.5 Å². The molecule has 0 aliphatic carbocycles. The van der Waals surface area contributed by atoms with Gasteiger partial charge in [0.1, 0.15) is 0 Å². The van der Waals surface area contributed by atoms with E-state index >= 15 is 0 Å². The van der Waals surface area contributed by atoms with Crippen molar-refractivity contribution in [1.82, 2.24) is 10.2 Å². The van der Waals surface area contributed by atoms with Crippen molar-refractivity contribution in [2.45, 2.75) is 25.8 Å². The normalized spacial score (nSPS) is 22.8. The third kappa shape index (κ3) is 4.34. The van der Waals surface area contributed by atoms with Crippen molar-refractivity contribution in [3.05, 3.63) is 0 Å². The van der Waals surface area contributed by atoms with Crippen molar-refractivity contribution >= 4 is 11.8 Å². The highest BCUT2D eigenvalue weighted by atomic mass is 32.2. The minimum Gasteiger partial charge on any atom is -0.317 e. The van der Waals surface area contributed by atoms with Gasteiger partial charge in [-0.15, -0.1) is 0 Å². The fourth-order valence-corrected chi connectivity index (χ4v) is 2.98. The van der Waals surface area contributed by atoms with E-state index in [0.29, 0.717) is 0 Å². The maximum atomic E-state index is 3.36. The van der Waals surface area contributed by atoms with Crippen LogP contribution >= 0.6 is 11.8 Å². The Bertz CT molecular complexity index is 124. The summed E-state index contributed by atoms with van der Waals surface area (Å²) in [5, 5.41) is 3.36. The molecule has 0 spiro atoms. The van der Waals surface area contributed by atoms with Gasteiger partial charge in [0.25, 0.3) is 0 Å². The molecule has 0 aromatic carbocycles. The fraction of sp³-hybridized carbons (Fsp3) is 1.00. The van der Waals surface area contributed by atoms with Crippen LogP contribution in [0.2, 0.25) is 0 Å². The van der Waals surface area contributed by atoms with Crippen LogP contribution in [-0.4, -0.2) is 49.1 Å². The van der Waals surface area contributed by atoms with E-state index in [1.807, 2.05) is 0 Å². The summed E-state index contributed by atoms with van der Waals surface area (Å²) in [5.74, 6) is 2.71. The van der Waals surface area contributed by atoms with Gasteiger partial charge in [-0.3, -0.25) is 0 Å². The highest BCUT2D eigenvalue weighted by Crippen LogP contribution is 2.21. The molecule has 0 saturated carbocycles. The van der Waals surface area contributed by atoms with Crippen molar-refractivity contribution in [1.29, 1.82) is 0 Å². The SMILES string of the molecule is CCNCCCN(C)C1CCSC1. The van der Waals surface area contributed by atoms with Crippen LogP contribution in [0.15, 0.2) is 0 Å². The third-order valence-corrected chi connectivity index (χ3v) is 3.79. The Morgan fingerprint density at radius 1 is 1.54 bits per heavy atom. The van der Waals surface area contributed by atoms with Crippen LogP contribution in [0, 0.1) is 0 Å². The molecule has 78 valence electrons. The number of rotatable bonds is 6. The van der Waals surface area contributed by atoms with Crippen LogP contribution in [0.5, 0.6) is 0 Å². The first-order chi connectivity index (χ1) is 6.34. The van der Waals surface area contributed by atoms with Gasteiger partial charge in [-0.1, -0.05) is 6.92 Å². The lowest BCUT2D eigenvalue weighted by atomic mass is 10.2. The van der Waals surface area contributed by atoms with E-state index in [9.17, 15) is 0 Å². The smallest absolute Gasteiger partial charge is 0.0191 e. The van der Waals surface area contributed by atoms with E-state index in [0.717, 1.165) is 12.6 Å². The Balaban J connectivity index is 1.99. The van der Waals surface area contributed by atoms with Crippen LogP contribution in [0.4, 0.5) is 0 Å². The van der Waals surface area contributed by atoms with E-state index in [4.69, 9.17) is 0 Å². The molecule has 1 heterocycles. The lowest BCUT2D eigenvalue weighted by molar-refractivity contribution is 0.258.